The van der Waals surface area contributed by atoms with Gasteiger partial charge in [-0.25, -0.2) is 8.42 Å². The summed E-state index contributed by atoms with van der Waals surface area (Å²) in [5.41, 5.74) is 0.160. The number of halogens is 2. The first-order chi connectivity index (χ1) is 8.30. The molecule has 1 aromatic carbocycles. The quantitative estimate of drug-likeness (QED) is 0.806. The molecule has 0 atom stereocenters. The minimum Gasteiger partial charge on any atom is -0.339 e. The third-order valence-electron chi connectivity index (χ3n) is 2.86. The molecule has 1 aromatic rings. The molecule has 2 rings (SSSR count). The fourth-order valence-electron chi connectivity index (χ4n) is 1.64. The van der Waals surface area contributed by atoms with E-state index < -0.39 is 9.05 Å². The zero-order chi connectivity index (χ0) is 13.5. The molecule has 98 valence electrons. The molecule has 0 aromatic heterocycles. The first-order valence-corrected chi connectivity index (χ1v) is 8.01. The maximum atomic E-state index is 12.1. The molecule has 7 heteroatoms. The van der Waals surface area contributed by atoms with E-state index in [1.54, 1.807) is 11.9 Å². The van der Waals surface area contributed by atoms with Gasteiger partial charge in [0.1, 0.15) is 0 Å². The van der Waals surface area contributed by atoms with Gasteiger partial charge in [-0.05, 0) is 31.0 Å². The molecule has 0 spiro atoms. The van der Waals surface area contributed by atoms with Crippen molar-refractivity contribution >= 4 is 37.2 Å². The van der Waals surface area contributed by atoms with Crippen LogP contribution in [0.3, 0.4) is 0 Å². The summed E-state index contributed by atoms with van der Waals surface area (Å²) in [6.45, 7) is 0. The lowest BCUT2D eigenvalue weighted by Gasteiger charge is -2.17. The SMILES string of the molecule is CN(C(=O)c1cc(S(=O)(=O)Cl)ccc1Cl)C1CC1. The molecular formula is C11H11Cl2NO3S. The van der Waals surface area contributed by atoms with Crippen molar-refractivity contribution in [2.75, 3.05) is 7.05 Å². The number of hydrogen-bond acceptors (Lipinski definition) is 3. The second kappa shape index (κ2) is 4.72. The summed E-state index contributed by atoms with van der Waals surface area (Å²) < 4.78 is 22.5. The molecule has 1 aliphatic carbocycles. The van der Waals surface area contributed by atoms with E-state index in [1.807, 2.05) is 0 Å². The molecular weight excluding hydrogens is 297 g/mol. The Morgan fingerprint density at radius 1 is 1.39 bits per heavy atom. The van der Waals surface area contributed by atoms with Crippen molar-refractivity contribution in [2.45, 2.75) is 23.8 Å². The Balaban J connectivity index is 2.40. The van der Waals surface area contributed by atoms with Crippen molar-refractivity contribution in [3.05, 3.63) is 28.8 Å². The van der Waals surface area contributed by atoms with Crippen LogP contribution in [0.25, 0.3) is 0 Å². The van der Waals surface area contributed by atoms with E-state index in [0.29, 0.717) is 0 Å². The topological polar surface area (TPSA) is 54.5 Å². The number of nitrogens with zero attached hydrogens (tertiary/aromatic N) is 1. The molecule has 1 saturated carbocycles. The lowest BCUT2D eigenvalue weighted by Crippen LogP contribution is -2.29. The smallest absolute Gasteiger partial charge is 0.261 e. The average molecular weight is 308 g/mol. The van der Waals surface area contributed by atoms with E-state index in [0.717, 1.165) is 12.8 Å². The molecule has 0 N–H and O–H groups in total. The zero-order valence-electron chi connectivity index (χ0n) is 9.56. The van der Waals surface area contributed by atoms with Crippen LogP contribution in [0.15, 0.2) is 23.1 Å². The van der Waals surface area contributed by atoms with Crippen molar-refractivity contribution in [1.29, 1.82) is 0 Å². The third-order valence-corrected chi connectivity index (χ3v) is 4.55. The van der Waals surface area contributed by atoms with Crippen LogP contribution in [-0.2, 0) is 9.05 Å². The Morgan fingerprint density at radius 2 is 2.00 bits per heavy atom. The lowest BCUT2D eigenvalue weighted by molar-refractivity contribution is 0.0785. The van der Waals surface area contributed by atoms with Crippen molar-refractivity contribution in [2.24, 2.45) is 0 Å². The minimum atomic E-state index is -3.86. The number of carbonyl (C=O) groups excluding carboxylic acids is 1. The van der Waals surface area contributed by atoms with Gasteiger partial charge in [-0.2, -0.15) is 0 Å². The van der Waals surface area contributed by atoms with Crippen LogP contribution >= 0.6 is 22.3 Å². The summed E-state index contributed by atoms with van der Waals surface area (Å²) in [5, 5.41) is 0.219. The van der Waals surface area contributed by atoms with E-state index >= 15 is 0 Å². The number of carbonyl (C=O) groups is 1. The lowest BCUT2D eigenvalue weighted by atomic mass is 10.2. The van der Waals surface area contributed by atoms with Gasteiger partial charge in [0.2, 0.25) is 0 Å². The van der Waals surface area contributed by atoms with Crippen LogP contribution in [0.5, 0.6) is 0 Å². The fraction of sp³-hybridized carbons (Fsp3) is 0.364. The number of rotatable bonds is 3. The monoisotopic (exact) mass is 307 g/mol. The van der Waals surface area contributed by atoms with E-state index in [9.17, 15) is 13.2 Å². The molecule has 0 radical (unpaired) electrons. The van der Waals surface area contributed by atoms with Gasteiger partial charge in [-0.1, -0.05) is 11.6 Å². The minimum absolute atomic E-state index is 0.124. The molecule has 0 bridgehead atoms. The van der Waals surface area contributed by atoms with Gasteiger partial charge in [0, 0.05) is 23.8 Å². The van der Waals surface area contributed by atoms with E-state index in [2.05, 4.69) is 0 Å². The highest BCUT2D eigenvalue weighted by atomic mass is 35.7. The predicted molar refractivity (Wildman–Crippen MR) is 69.6 cm³/mol. The van der Waals surface area contributed by atoms with Crippen LogP contribution in [0.4, 0.5) is 0 Å². The molecule has 0 aliphatic heterocycles. The maximum absolute atomic E-state index is 12.1. The second-order valence-electron chi connectivity index (χ2n) is 4.23. The van der Waals surface area contributed by atoms with Crippen LogP contribution in [-0.4, -0.2) is 32.3 Å². The molecule has 1 aliphatic rings. The van der Waals surface area contributed by atoms with Gasteiger partial charge in [-0.3, -0.25) is 4.79 Å². The Kier molecular flexibility index (Phi) is 3.58. The summed E-state index contributed by atoms with van der Waals surface area (Å²) in [7, 11) is 3.06. The van der Waals surface area contributed by atoms with Crippen LogP contribution in [0, 0.1) is 0 Å². The summed E-state index contributed by atoms with van der Waals surface area (Å²) >= 11 is 5.92. The van der Waals surface area contributed by atoms with E-state index in [-0.39, 0.29) is 27.4 Å². The normalized spacial score (nSPS) is 15.5. The van der Waals surface area contributed by atoms with Crippen molar-refractivity contribution in [1.82, 2.24) is 4.90 Å². The average Bonchev–Trinajstić information content (AvgIpc) is 3.10. The highest BCUT2D eigenvalue weighted by Crippen LogP contribution is 2.29. The summed E-state index contributed by atoms with van der Waals surface area (Å²) in [6, 6.07) is 4.08. The Morgan fingerprint density at radius 3 is 2.50 bits per heavy atom. The standard InChI is InChI=1S/C11H11Cl2NO3S/c1-14(7-2-3-7)11(15)9-6-8(18(13,16)17)4-5-10(9)12/h4-7H,2-3H2,1H3. The zero-order valence-corrected chi connectivity index (χ0v) is 11.9. The third kappa shape index (κ3) is 2.79. The van der Waals surface area contributed by atoms with Gasteiger partial charge in [-0.15, -0.1) is 0 Å². The predicted octanol–water partition coefficient (Wildman–Crippen LogP) is 2.50. The highest BCUT2D eigenvalue weighted by molar-refractivity contribution is 8.13. The van der Waals surface area contributed by atoms with Crippen LogP contribution in [0.1, 0.15) is 23.2 Å². The molecule has 1 fully saturated rings. The molecule has 0 unspecified atom stereocenters. The van der Waals surface area contributed by atoms with E-state index in [4.69, 9.17) is 22.3 Å². The number of amides is 1. The first kappa shape index (κ1) is 13.6. The van der Waals surface area contributed by atoms with Gasteiger partial charge in [0.05, 0.1) is 15.5 Å². The van der Waals surface area contributed by atoms with Crippen molar-refractivity contribution in [3.63, 3.8) is 0 Å². The molecule has 18 heavy (non-hydrogen) atoms. The van der Waals surface area contributed by atoms with Crippen molar-refractivity contribution < 1.29 is 13.2 Å². The molecule has 4 nitrogen and oxygen atoms in total. The largest absolute Gasteiger partial charge is 0.339 e. The second-order valence-corrected chi connectivity index (χ2v) is 7.20. The van der Waals surface area contributed by atoms with E-state index in [1.165, 1.54) is 18.2 Å². The van der Waals surface area contributed by atoms with Gasteiger partial charge in [0.25, 0.3) is 15.0 Å². The summed E-state index contributed by atoms with van der Waals surface area (Å²) in [6.07, 6.45) is 1.93. The van der Waals surface area contributed by atoms with Crippen LogP contribution < -0.4 is 0 Å². The number of benzene rings is 1. The Labute approximate surface area is 115 Å². The summed E-state index contributed by atoms with van der Waals surface area (Å²) in [5.74, 6) is -0.287. The maximum Gasteiger partial charge on any atom is 0.261 e. The van der Waals surface area contributed by atoms with Crippen LogP contribution in [0.2, 0.25) is 5.02 Å². The molecule has 0 saturated heterocycles. The number of hydrogen-bond donors (Lipinski definition) is 0. The molecule has 0 heterocycles. The van der Waals surface area contributed by atoms with Gasteiger partial charge < -0.3 is 4.90 Å². The van der Waals surface area contributed by atoms with Crippen molar-refractivity contribution in [3.8, 4) is 0 Å². The highest BCUT2D eigenvalue weighted by Gasteiger charge is 2.31. The van der Waals surface area contributed by atoms with Gasteiger partial charge in [0.15, 0.2) is 0 Å². The Hall–Kier alpha value is -0.780. The van der Waals surface area contributed by atoms with Gasteiger partial charge >= 0.3 is 0 Å². The Bertz CT molecular complexity index is 596. The summed E-state index contributed by atoms with van der Waals surface area (Å²) in [4.78, 5) is 13.6. The first-order valence-electron chi connectivity index (χ1n) is 5.32. The molecule has 1 amide bonds. The fourth-order valence-corrected chi connectivity index (χ4v) is 2.61.